The van der Waals surface area contributed by atoms with Gasteiger partial charge in [-0.25, -0.2) is 12.7 Å². The van der Waals surface area contributed by atoms with Crippen molar-refractivity contribution in [3.05, 3.63) is 35.4 Å². The van der Waals surface area contributed by atoms with Crippen molar-refractivity contribution in [2.24, 2.45) is 5.92 Å². The van der Waals surface area contributed by atoms with Crippen LogP contribution in [0.4, 0.5) is 0 Å². The summed E-state index contributed by atoms with van der Waals surface area (Å²) in [6.07, 6.45) is 0.885. The zero-order valence-electron chi connectivity index (χ0n) is 13.6. The molecule has 0 saturated carbocycles. The van der Waals surface area contributed by atoms with Gasteiger partial charge in [-0.05, 0) is 30.0 Å². The third kappa shape index (κ3) is 6.59. The summed E-state index contributed by atoms with van der Waals surface area (Å²) in [7, 11) is -1.57. The Kier molecular flexibility index (Phi) is 7.35. The highest BCUT2D eigenvalue weighted by atomic mass is 32.2. The molecule has 120 valence electrons. The number of rotatable bonds is 9. The first kappa shape index (κ1) is 18.1. The van der Waals surface area contributed by atoms with Crippen molar-refractivity contribution < 1.29 is 8.42 Å². The highest BCUT2D eigenvalue weighted by Crippen LogP contribution is 2.13. The zero-order chi connectivity index (χ0) is 15.9. The Balaban J connectivity index is 2.70. The van der Waals surface area contributed by atoms with Crippen LogP contribution < -0.4 is 5.32 Å². The molecule has 0 unspecified atom stereocenters. The predicted octanol–water partition coefficient (Wildman–Crippen LogP) is 2.60. The average Bonchev–Trinajstić information content (AvgIpc) is 2.42. The molecular formula is C16H28N2O2S. The molecule has 0 saturated heterocycles. The summed E-state index contributed by atoms with van der Waals surface area (Å²) in [5.41, 5.74) is 1.97. The summed E-state index contributed by atoms with van der Waals surface area (Å²) in [5.74, 6) is 0.577. The molecule has 0 bridgehead atoms. The van der Waals surface area contributed by atoms with Crippen LogP contribution in [0.25, 0.3) is 0 Å². The highest BCUT2D eigenvalue weighted by Gasteiger charge is 2.18. The molecule has 1 aromatic rings. The smallest absolute Gasteiger partial charge is 0.218 e. The minimum atomic E-state index is -3.23. The minimum Gasteiger partial charge on any atom is -0.313 e. The fourth-order valence-electron chi connectivity index (χ4n) is 2.00. The maximum atomic E-state index is 12.3. The lowest BCUT2D eigenvalue weighted by Gasteiger charge is -2.18. The van der Waals surface area contributed by atoms with Crippen LogP contribution in [0.1, 0.15) is 38.3 Å². The predicted molar refractivity (Wildman–Crippen MR) is 88.5 cm³/mol. The van der Waals surface area contributed by atoms with Gasteiger partial charge in [0.25, 0.3) is 0 Å². The van der Waals surface area contributed by atoms with Gasteiger partial charge in [0.2, 0.25) is 10.0 Å². The molecule has 0 aliphatic rings. The van der Waals surface area contributed by atoms with Gasteiger partial charge in [-0.15, -0.1) is 0 Å². The van der Waals surface area contributed by atoms with Crippen molar-refractivity contribution >= 4 is 10.0 Å². The second-order valence-electron chi connectivity index (χ2n) is 5.86. The summed E-state index contributed by atoms with van der Waals surface area (Å²) in [4.78, 5) is 0. The minimum absolute atomic E-state index is 0.0710. The molecule has 0 heterocycles. The first-order valence-corrected chi connectivity index (χ1v) is 9.18. The first-order chi connectivity index (χ1) is 9.85. The SMILES string of the molecule is CCNCc1cccc(CS(=O)(=O)N(C)CCC(C)C)c1. The van der Waals surface area contributed by atoms with Crippen molar-refractivity contribution in [3.63, 3.8) is 0 Å². The van der Waals surface area contributed by atoms with Crippen LogP contribution in [0, 0.1) is 5.92 Å². The highest BCUT2D eigenvalue weighted by molar-refractivity contribution is 7.88. The standard InChI is InChI=1S/C16H28N2O2S/c1-5-17-12-15-7-6-8-16(11-15)13-21(19,20)18(4)10-9-14(2)3/h6-8,11,14,17H,5,9-10,12-13H2,1-4H3. The molecule has 0 aliphatic heterocycles. The monoisotopic (exact) mass is 312 g/mol. The zero-order valence-corrected chi connectivity index (χ0v) is 14.4. The number of benzene rings is 1. The molecule has 5 heteroatoms. The summed E-state index contributed by atoms with van der Waals surface area (Å²) in [6, 6.07) is 7.78. The lowest BCUT2D eigenvalue weighted by Crippen LogP contribution is -2.29. The largest absolute Gasteiger partial charge is 0.313 e. The Morgan fingerprint density at radius 1 is 1.24 bits per heavy atom. The second kappa shape index (κ2) is 8.51. The fourth-order valence-corrected chi connectivity index (χ4v) is 3.20. The maximum absolute atomic E-state index is 12.3. The van der Waals surface area contributed by atoms with Gasteiger partial charge in [0.15, 0.2) is 0 Å². The molecule has 0 radical (unpaired) electrons. The van der Waals surface area contributed by atoms with Crippen LogP contribution in [0.3, 0.4) is 0 Å². The number of hydrogen-bond acceptors (Lipinski definition) is 3. The van der Waals surface area contributed by atoms with Crippen LogP contribution in [-0.4, -0.2) is 32.9 Å². The van der Waals surface area contributed by atoms with E-state index in [-0.39, 0.29) is 5.75 Å². The quantitative estimate of drug-likeness (QED) is 0.762. The Hall–Kier alpha value is -0.910. The van der Waals surface area contributed by atoms with Crippen molar-refractivity contribution in [2.45, 2.75) is 39.5 Å². The molecule has 1 rings (SSSR count). The van der Waals surface area contributed by atoms with E-state index in [1.165, 1.54) is 4.31 Å². The van der Waals surface area contributed by atoms with E-state index >= 15 is 0 Å². The molecule has 0 fully saturated rings. The summed E-state index contributed by atoms with van der Waals surface area (Å²) in [6.45, 7) is 8.51. The van der Waals surface area contributed by atoms with Crippen LogP contribution in [0.5, 0.6) is 0 Å². The van der Waals surface area contributed by atoms with Gasteiger partial charge < -0.3 is 5.32 Å². The average molecular weight is 312 g/mol. The van der Waals surface area contributed by atoms with Crippen molar-refractivity contribution in [3.8, 4) is 0 Å². The third-order valence-corrected chi connectivity index (χ3v) is 5.25. The fraction of sp³-hybridized carbons (Fsp3) is 0.625. The van der Waals surface area contributed by atoms with Crippen molar-refractivity contribution in [1.29, 1.82) is 0 Å². The van der Waals surface area contributed by atoms with Gasteiger partial charge in [0.1, 0.15) is 0 Å². The molecule has 0 spiro atoms. The Bertz CT molecular complexity index is 527. The van der Waals surface area contributed by atoms with Crippen LogP contribution in [0.2, 0.25) is 0 Å². The van der Waals surface area contributed by atoms with Crippen LogP contribution >= 0.6 is 0 Å². The second-order valence-corrected chi connectivity index (χ2v) is 7.94. The molecule has 21 heavy (non-hydrogen) atoms. The third-order valence-electron chi connectivity index (χ3n) is 3.42. The van der Waals surface area contributed by atoms with Crippen LogP contribution in [-0.2, 0) is 22.3 Å². The first-order valence-electron chi connectivity index (χ1n) is 7.57. The van der Waals surface area contributed by atoms with E-state index in [9.17, 15) is 8.42 Å². The lowest BCUT2D eigenvalue weighted by atomic mass is 10.1. The van der Waals surface area contributed by atoms with E-state index in [4.69, 9.17) is 0 Å². The van der Waals surface area contributed by atoms with Gasteiger partial charge >= 0.3 is 0 Å². The number of nitrogens with one attached hydrogen (secondary N) is 1. The van der Waals surface area contributed by atoms with E-state index in [1.54, 1.807) is 7.05 Å². The van der Waals surface area contributed by atoms with Gasteiger partial charge in [-0.3, -0.25) is 0 Å². The Labute approximate surface area is 129 Å². The van der Waals surface area contributed by atoms with E-state index in [1.807, 2.05) is 24.3 Å². The van der Waals surface area contributed by atoms with E-state index in [0.717, 1.165) is 30.6 Å². The maximum Gasteiger partial charge on any atom is 0.218 e. The summed E-state index contributed by atoms with van der Waals surface area (Å²) >= 11 is 0. The molecule has 0 atom stereocenters. The molecule has 0 amide bonds. The van der Waals surface area contributed by atoms with Gasteiger partial charge in [-0.2, -0.15) is 0 Å². The van der Waals surface area contributed by atoms with Gasteiger partial charge in [0.05, 0.1) is 5.75 Å². The summed E-state index contributed by atoms with van der Waals surface area (Å²) in [5, 5.41) is 3.25. The molecular weight excluding hydrogens is 284 g/mol. The van der Waals surface area contributed by atoms with Crippen molar-refractivity contribution in [1.82, 2.24) is 9.62 Å². The Morgan fingerprint density at radius 3 is 2.52 bits per heavy atom. The van der Waals surface area contributed by atoms with E-state index < -0.39 is 10.0 Å². The van der Waals surface area contributed by atoms with E-state index in [2.05, 4.69) is 26.1 Å². The van der Waals surface area contributed by atoms with Gasteiger partial charge in [0, 0.05) is 20.1 Å². The molecule has 1 aromatic carbocycles. The number of nitrogens with zero attached hydrogens (tertiary/aromatic N) is 1. The summed E-state index contributed by atoms with van der Waals surface area (Å²) < 4.78 is 26.2. The van der Waals surface area contributed by atoms with Crippen LogP contribution in [0.15, 0.2) is 24.3 Å². The molecule has 1 N–H and O–H groups in total. The van der Waals surface area contributed by atoms with E-state index in [0.29, 0.717) is 12.5 Å². The number of sulfonamides is 1. The lowest BCUT2D eigenvalue weighted by molar-refractivity contribution is 0.427. The van der Waals surface area contributed by atoms with Gasteiger partial charge in [-0.1, -0.05) is 45.0 Å². The molecule has 0 aliphatic carbocycles. The number of hydrogen-bond donors (Lipinski definition) is 1. The Morgan fingerprint density at radius 2 is 1.90 bits per heavy atom. The van der Waals surface area contributed by atoms with Crippen molar-refractivity contribution in [2.75, 3.05) is 20.1 Å². The molecule has 0 aromatic heterocycles. The molecule has 4 nitrogen and oxygen atoms in total. The normalized spacial score (nSPS) is 12.3. The topological polar surface area (TPSA) is 49.4 Å².